The van der Waals surface area contributed by atoms with Gasteiger partial charge in [0.05, 0.1) is 6.61 Å². The smallest absolute Gasteiger partial charge is 0.116 e. The van der Waals surface area contributed by atoms with Crippen LogP contribution in [0.15, 0.2) is 84.9 Å². The number of rotatable bonds is 8. The van der Waals surface area contributed by atoms with Crippen LogP contribution in [-0.4, -0.2) is 18.3 Å². The lowest BCUT2D eigenvalue weighted by Gasteiger charge is -2.11. The summed E-state index contributed by atoms with van der Waals surface area (Å²) in [5.74, 6) is 0.297. The molecule has 0 aromatic heterocycles. The summed E-state index contributed by atoms with van der Waals surface area (Å²) in [6.45, 7) is 2.87. The van der Waals surface area contributed by atoms with E-state index < -0.39 is 0 Å². The first-order valence-corrected chi connectivity index (χ1v) is 10.4. The van der Waals surface area contributed by atoms with Gasteiger partial charge in [-0.15, -0.1) is 0 Å². The third-order valence-electron chi connectivity index (χ3n) is 5.29. The molecule has 0 aliphatic carbocycles. The van der Waals surface area contributed by atoms with Crippen LogP contribution in [0.3, 0.4) is 0 Å². The fraction of sp³-hybridized carbons (Fsp3) is 0.185. The maximum Gasteiger partial charge on any atom is 0.116 e. The van der Waals surface area contributed by atoms with Crippen LogP contribution in [0.5, 0.6) is 5.75 Å². The summed E-state index contributed by atoms with van der Waals surface area (Å²) in [7, 11) is 0. The fourth-order valence-corrected chi connectivity index (χ4v) is 3.74. The minimum absolute atomic E-state index is 0.297. The zero-order valence-corrected chi connectivity index (χ0v) is 17.2. The minimum atomic E-state index is 0.297. The number of hydrogen-bond donors (Lipinski definition) is 1. The second kappa shape index (κ2) is 9.57. The van der Waals surface area contributed by atoms with E-state index in [4.69, 9.17) is 9.78 Å². The first-order chi connectivity index (χ1) is 14.7. The lowest BCUT2D eigenvalue weighted by molar-refractivity contribution is -0.282. The molecule has 0 heterocycles. The summed E-state index contributed by atoms with van der Waals surface area (Å²) in [6, 6.07) is 26.9. The molecule has 0 aliphatic heterocycles. The van der Waals surface area contributed by atoms with Crippen molar-refractivity contribution in [3.05, 3.63) is 96.1 Å². The van der Waals surface area contributed by atoms with Gasteiger partial charge in [-0.1, -0.05) is 66.7 Å². The van der Waals surface area contributed by atoms with Crippen LogP contribution in [0.25, 0.3) is 27.1 Å². The zero-order chi connectivity index (χ0) is 20.8. The molecule has 0 radical (unpaired) electrons. The molecule has 30 heavy (non-hydrogen) atoms. The topological polar surface area (TPSA) is 38.7 Å². The van der Waals surface area contributed by atoms with Gasteiger partial charge in [0.2, 0.25) is 0 Å². The summed E-state index contributed by atoms with van der Waals surface area (Å²) >= 11 is 0. The van der Waals surface area contributed by atoms with Crippen molar-refractivity contribution < 1.29 is 14.9 Å². The lowest BCUT2D eigenvalue weighted by atomic mass is 9.95. The first-order valence-electron chi connectivity index (χ1n) is 10.4. The maximum absolute atomic E-state index is 9.67. The van der Waals surface area contributed by atoms with Gasteiger partial charge in [0.1, 0.15) is 12.4 Å². The molecule has 0 fully saturated rings. The summed E-state index contributed by atoms with van der Waals surface area (Å²) in [4.78, 5) is 10.3. The van der Waals surface area contributed by atoms with Crippen molar-refractivity contribution in [1.82, 2.24) is 0 Å². The van der Waals surface area contributed by atoms with Crippen molar-refractivity contribution in [3.8, 4) is 5.75 Å². The summed E-state index contributed by atoms with van der Waals surface area (Å²) < 4.78 is 0. The normalized spacial score (nSPS) is 12.0. The quantitative estimate of drug-likeness (QED) is 0.204. The van der Waals surface area contributed by atoms with E-state index in [2.05, 4.69) is 66.7 Å². The van der Waals surface area contributed by atoms with Gasteiger partial charge in [0.25, 0.3) is 0 Å². The molecule has 0 saturated carbocycles. The number of fused-ring (bicyclic) bond motifs is 2. The van der Waals surface area contributed by atoms with E-state index in [0.717, 1.165) is 23.6 Å². The van der Waals surface area contributed by atoms with Crippen LogP contribution in [0.4, 0.5) is 0 Å². The Balaban J connectivity index is 1.56. The molecule has 0 aliphatic rings. The molecule has 0 amide bonds. The van der Waals surface area contributed by atoms with Crippen molar-refractivity contribution in [2.75, 3.05) is 13.2 Å². The fourth-order valence-electron chi connectivity index (χ4n) is 3.74. The molecule has 1 N–H and O–H groups in total. The highest BCUT2D eigenvalue weighted by molar-refractivity contribution is 5.87. The van der Waals surface area contributed by atoms with E-state index in [0.29, 0.717) is 19.0 Å². The van der Waals surface area contributed by atoms with Crippen LogP contribution < -0.4 is 0 Å². The average molecular weight is 399 g/mol. The molecule has 3 heteroatoms. The second-order valence-corrected chi connectivity index (χ2v) is 7.35. The van der Waals surface area contributed by atoms with Crippen molar-refractivity contribution >= 4 is 27.1 Å². The van der Waals surface area contributed by atoms with Gasteiger partial charge in [-0.3, -0.25) is 0 Å². The summed E-state index contributed by atoms with van der Waals surface area (Å²) in [6.07, 6.45) is 3.93. The molecule has 3 nitrogen and oxygen atoms in total. The predicted molar refractivity (Wildman–Crippen MR) is 123 cm³/mol. The second-order valence-electron chi connectivity index (χ2n) is 7.35. The van der Waals surface area contributed by atoms with Gasteiger partial charge in [-0.2, -0.15) is 0 Å². The monoisotopic (exact) mass is 398 g/mol. The standard InChI is InChI=1S/C27H26O3/c1-2-29-30-16-15-22(25-12-11-21-5-3-4-6-23(21)18-25)9-7-20-8-10-26-19-27(28)14-13-24(26)17-20/h3-6,8,10-15,17-19,28H,2,7,9,16H2,1H3/b22-15+. The average Bonchev–Trinajstić information content (AvgIpc) is 2.78. The Labute approximate surface area is 177 Å². The van der Waals surface area contributed by atoms with Crippen LogP contribution in [-0.2, 0) is 16.2 Å². The zero-order valence-electron chi connectivity index (χ0n) is 17.2. The van der Waals surface area contributed by atoms with Crippen LogP contribution in [0.2, 0.25) is 0 Å². The van der Waals surface area contributed by atoms with Gasteiger partial charge >= 0.3 is 0 Å². The Morgan fingerprint density at radius 1 is 0.800 bits per heavy atom. The molecule has 0 bridgehead atoms. The highest BCUT2D eigenvalue weighted by Crippen LogP contribution is 2.27. The summed E-state index contributed by atoms with van der Waals surface area (Å²) in [5.41, 5.74) is 3.72. The van der Waals surface area contributed by atoms with Gasteiger partial charge in [0, 0.05) is 0 Å². The molecular formula is C27H26O3. The van der Waals surface area contributed by atoms with Crippen molar-refractivity contribution in [2.24, 2.45) is 0 Å². The molecule has 152 valence electrons. The van der Waals surface area contributed by atoms with Gasteiger partial charge in [0.15, 0.2) is 0 Å². The Kier molecular flexibility index (Phi) is 6.43. The van der Waals surface area contributed by atoms with Crippen molar-refractivity contribution in [3.63, 3.8) is 0 Å². The Morgan fingerprint density at radius 3 is 2.40 bits per heavy atom. The minimum Gasteiger partial charge on any atom is -0.508 e. The van der Waals surface area contributed by atoms with E-state index in [-0.39, 0.29) is 0 Å². The number of aromatic hydroxyl groups is 1. The van der Waals surface area contributed by atoms with E-state index in [1.54, 1.807) is 12.1 Å². The largest absolute Gasteiger partial charge is 0.508 e. The van der Waals surface area contributed by atoms with Crippen molar-refractivity contribution in [1.29, 1.82) is 0 Å². The highest BCUT2D eigenvalue weighted by atomic mass is 17.2. The van der Waals surface area contributed by atoms with Crippen LogP contribution in [0, 0.1) is 0 Å². The number of hydrogen-bond acceptors (Lipinski definition) is 3. The molecule has 0 atom stereocenters. The van der Waals surface area contributed by atoms with Gasteiger partial charge < -0.3 is 5.11 Å². The molecule has 4 rings (SSSR count). The number of phenolic OH excluding ortho intramolecular Hbond substituents is 1. The number of benzene rings is 4. The lowest BCUT2D eigenvalue weighted by Crippen LogP contribution is -1.96. The molecule has 4 aromatic rings. The number of allylic oxidation sites excluding steroid dienone is 1. The third-order valence-corrected chi connectivity index (χ3v) is 5.29. The molecule has 4 aromatic carbocycles. The van der Waals surface area contributed by atoms with E-state index in [9.17, 15) is 5.11 Å². The van der Waals surface area contributed by atoms with E-state index in [1.165, 1.54) is 27.5 Å². The van der Waals surface area contributed by atoms with E-state index >= 15 is 0 Å². The molecule has 0 spiro atoms. The third kappa shape index (κ3) is 4.88. The van der Waals surface area contributed by atoms with Crippen LogP contribution >= 0.6 is 0 Å². The first kappa shape index (κ1) is 20.1. The Morgan fingerprint density at radius 2 is 1.53 bits per heavy atom. The highest BCUT2D eigenvalue weighted by Gasteiger charge is 2.06. The van der Waals surface area contributed by atoms with Crippen molar-refractivity contribution in [2.45, 2.75) is 19.8 Å². The molecule has 0 saturated heterocycles. The summed E-state index contributed by atoms with van der Waals surface area (Å²) in [5, 5.41) is 14.3. The molecular weight excluding hydrogens is 372 g/mol. The van der Waals surface area contributed by atoms with Gasteiger partial charge in [-0.05, 0) is 76.2 Å². The Hall–Kier alpha value is -3.14. The predicted octanol–water partition coefficient (Wildman–Crippen LogP) is 6.68. The Bertz CT molecular complexity index is 1180. The maximum atomic E-state index is 9.67. The number of phenols is 1. The van der Waals surface area contributed by atoms with Gasteiger partial charge in [-0.25, -0.2) is 9.78 Å². The van der Waals surface area contributed by atoms with Crippen LogP contribution in [0.1, 0.15) is 24.5 Å². The number of aryl methyl sites for hydroxylation is 1. The molecule has 0 unspecified atom stereocenters. The van der Waals surface area contributed by atoms with E-state index in [1.807, 2.05) is 13.0 Å². The SMILES string of the molecule is CCOOC/C=C(\CCc1ccc2cc(O)ccc2c1)c1ccc2ccccc2c1.